The zero-order chi connectivity index (χ0) is 12.4. The number of thiophene rings is 1. The van der Waals surface area contributed by atoms with Gasteiger partial charge in [-0.05, 0) is 18.2 Å². The topological polar surface area (TPSA) is 35.2 Å². The molecule has 0 amide bonds. The highest BCUT2D eigenvalue weighted by atomic mass is 35.5. The molecule has 0 saturated carbocycles. The SMILES string of the molecule is COc1cc(Cl)c(-c2ccc(CN)s2)cc1Cl. The number of methoxy groups -OCH3 is 1. The van der Waals surface area contributed by atoms with Gasteiger partial charge in [0.25, 0.3) is 0 Å². The van der Waals surface area contributed by atoms with Crippen molar-refractivity contribution in [2.24, 2.45) is 5.73 Å². The maximum absolute atomic E-state index is 6.20. The van der Waals surface area contributed by atoms with Gasteiger partial charge in [-0.3, -0.25) is 0 Å². The van der Waals surface area contributed by atoms with Crippen molar-refractivity contribution in [2.45, 2.75) is 6.54 Å². The Morgan fingerprint density at radius 2 is 2.00 bits per heavy atom. The van der Waals surface area contributed by atoms with E-state index >= 15 is 0 Å². The van der Waals surface area contributed by atoms with Crippen molar-refractivity contribution in [1.29, 1.82) is 0 Å². The van der Waals surface area contributed by atoms with Crippen LogP contribution >= 0.6 is 34.5 Å². The molecular formula is C12H11Cl2NOS. The van der Waals surface area contributed by atoms with Crippen LogP contribution in [0.5, 0.6) is 5.75 Å². The number of hydrogen-bond acceptors (Lipinski definition) is 3. The van der Waals surface area contributed by atoms with Crippen molar-refractivity contribution < 1.29 is 4.74 Å². The molecule has 1 aromatic carbocycles. The van der Waals surface area contributed by atoms with Crippen LogP contribution in [0, 0.1) is 0 Å². The molecule has 0 aliphatic rings. The van der Waals surface area contributed by atoms with Crippen LogP contribution < -0.4 is 10.5 Å². The Morgan fingerprint density at radius 3 is 2.59 bits per heavy atom. The molecule has 90 valence electrons. The normalized spacial score (nSPS) is 10.6. The summed E-state index contributed by atoms with van der Waals surface area (Å²) < 4.78 is 5.11. The number of rotatable bonds is 3. The van der Waals surface area contributed by atoms with Gasteiger partial charge in [0.2, 0.25) is 0 Å². The molecule has 5 heteroatoms. The minimum atomic E-state index is 0.534. The van der Waals surface area contributed by atoms with E-state index in [4.69, 9.17) is 33.7 Å². The molecule has 17 heavy (non-hydrogen) atoms. The van der Waals surface area contributed by atoms with Gasteiger partial charge in [-0.1, -0.05) is 23.2 Å². The van der Waals surface area contributed by atoms with Gasteiger partial charge in [0.1, 0.15) is 5.75 Å². The molecule has 0 atom stereocenters. The molecule has 2 nitrogen and oxygen atoms in total. The van der Waals surface area contributed by atoms with Crippen LogP contribution in [0.25, 0.3) is 10.4 Å². The van der Waals surface area contributed by atoms with Crippen molar-refractivity contribution in [3.63, 3.8) is 0 Å². The summed E-state index contributed by atoms with van der Waals surface area (Å²) in [4.78, 5) is 2.17. The molecule has 2 rings (SSSR count). The molecule has 1 aromatic heterocycles. The predicted molar refractivity (Wildman–Crippen MR) is 74.2 cm³/mol. The Bertz CT molecular complexity index is 539. The lowest BCUT2D eigenvalue weighted by molar-refractivity contribution is 0.415. The maximum Gasteiger partial charge on any atom is 0.138 e. The standard InChI is InChI=1S/C12H11Cl2NOS/c1-16-11-5-9(13)8(4-10(11)14)12-3-2-7(6-15)17-12/h2-5H,6,15H2,1H3. The van der Waals surface area contributed by atoms with Crippen LogP contribution in [0.15, 0.2) is 24.3 Å². The quantitative estimate of drug-likeness (QED) is 0.919. The Hall–Kier alpha value is -0.740. The first kappa shape index (κ1) is 12.7. The summed E-state index contributed by atoms with van der Waals surface area (Å²) in [5.74, 6) is 0.580. The fraction of sp³-hybridized carbons (Fsp3) is 0.167. The van der Waals surface area contributed by atoms with Gasteiger partial charge in [0.05, 0.1) is 17.2 Å². The molecule has 0 fully saturated rings. The molecule has 0 aliphatic heterocycles. The Balaban J connectivity index is 2.48. The number of benzene rings is 1. The van der Waals surface area contributed by atoms with Crippen LogP contribution in [0.4, 0.5) is 0 Å². The highest BCUT2D eigenvalue weighted by Crippen LogP contribution is 2.39. The summed E-state index contributed by atoms with van der Waals surface area (Å²) in [7, 11) is 1.56. The van der Waals surface area contributed by atoms with Gasteiger partial charge in [-0.25, -0.2) is 0 Å². The van der Waals surface area contributed by atoms with E-state index in [0.29, 0.717) is 22.3 Å². The van der Waals surface area contributed by atoms with E-state index in [-0.39, 0.29) is 0 Å². The third-order valence-corrected chi connectivity index (χ3v) is 4.12. The summed E-state index contributed by atoms with van der Waals surface area (Å²) in [5, 5.41) is 1.17. The monoisotopic (exact) mass is 287 g/mol. The second-order valence-corrected chi connectivity index (χ2v) is 5.42. The van der Waals surface area contributed by atoms with Crippen molar-refractivity contribution in [3.8, 4) is 16.2 Å². The Morgan fingerprint density at radius 1 is 1.24 bits per heavy atom. The van der Waals surface area contributed by atoms with Crippen molar-refractivity contribution in [2.75, 3.05) is 7.11 Å². The lowest BCUT2D eigenvalue weighted by atomic mass is 10.2. The highest BCUT2D eigenvalue weighted by Gasteiger charge is 2.11. The fourth-order valence-corrected chi connectivity index (χ4v) is 2.98. The van der Waals surface area contributed by atoms with E-state index in [2.05, 4.69) is 0 Å². The molecule has 0 radical (unpaired) electrons. The zero-order valence-electron chi connectivity index (χ0n) is 9.17. The fourth-order valence-electron chi connectivity index (χ4n) is 1.51. The lowest BCUT2D eigenvalue weighted by Gasteiger charge is -2.07. The van der Waals surface area contributed by atoms with E-state index in [0.717, 1.165) is 15.3 Å². The second-order valence-electron chi connectivity index (χ2n) is 3.44. The molecule has 1 heterocycles. The second kappa shape index (κ2) is 5.27. The van der Waals surface area contributed by atoms with Crippen LogP contribution in [0.3, 0.4) is 0 Å². The number of ether oxygens (including phenoxy) is 1. The summed E-state index contributed by atoms with van der Waals surface area (Å²) in [6, 6.07) is 7.53. The van der Waals surface area contributed by atoms with E-state index in [1.54, 1.807) is 24.5 Å². The first-order chi connectivity index (χ1) is 8.15. The van der Waals surface area contributed by atoms with Crippen LogP contribution in [-0.2, 0) is 6.54 Å². The Kier molecular flexibility index (Phi) is 3.94. The molecule has 0 saturated heterocycles. The average Bonchev–Trinajstić information content (AvgIpc) is 2.80. The predicted octanol–water partition coefficient (Wildman–Crippen LogP) is 4.19. The summed E-state index contributed by atoms with van der Waals surface area (Å²) in [6.45, 7) is 0.534. The van der Waals surface area contributed by atoms with E-state index in [9.17, 15) is 0 Å². The number of hydrogen-bond donors (Lipinski definition) is 1. The smallest absolute Gasteiger partial charge is 0.138 e. The first-order valence-corrected chi connectivity index (χ1v) is 6.55. The van der Waals surface area contributed by atoms with Crippen LogP contribution in [0.1, 0.15) is 4.88 Å². The first-order valence-electron chi connectivity index (χ1n) is 4.98. The molecule has 0 unspecified atom stereocenters. The molecule has 2 N–H and O–H groups in total. The molecule has 0 aliphatic carbocycles. The van der Waals surface area contributed by atoms with E-state index < -0.39 is 0 Å². The van der Waals surface area contributed by atoms with Gasteiger partial charge in [-0.2, -0.15) is 0 Å². The van der Waals surface area contributed by atoms with E-state index in [1.165, 1.54) is 0 Å². The summed E-state index contributed by atoms with van der Waals surface area (Å²) in [5.41, 5.74) is 6.49. The maximum atomic E-state index is 6.20. The molecular weight excluding hydrogens is 277 g/mol. The van der Waals surface area contributed by atoms with Crippen molar-refractivity contribution in [1.82, 2.24) is 0 Å². The van der Waals surface area contributed by atoms with Gasteiger partial charge < -0.3 is 10.5 Å². The number of halogens is 2. The van der Waals surface area contributed by atoms with Gasteiger partial charge in [0.15, 0.2) is 0 Å². The largest absolute Gasteiger partial charge is 0.495 e. The van der Waals surface area contributed by atoms with Crippen molar-refractivity contribution >= 4 is 34.5 Å². The molecule has 0 spiro atoms. The van der Waals surface area contributed by atoms with Crippen molar-refractivity contribution in [3.05, 3.63) is 39.2 Å². The summed E-state index contributed by atoms with van der Waals surface area (Å²) in [6.07, 6.45) is 0. The highest BCUT2D eigenvalue weighted by molar-refractivity contribution is 7.15. The molecule has 0 bridgehead atoms. The van der Waals surface area contributed by atoms with Gasteiger partial charge in [0, 0.05) is 27.9 Å². The average molecular weight is 288 g/mol. The zero-order valence-corrected chi connectivity index (χ0v) is 11.5. The van der Waals surface area contributed by atoms with E-state index in [1.807, 2.05) is 18.2 Å². The third kappa shape index (κ3) is 2.58. The van der Waals surface area contributed by atoms with Gasteiger partial charge >= 0.3 is 0 Å². The lowest BCUT2D eigenvalue weighted by Crippen LogP contribution is -1.91. The van der Waals surface area contributed by atoms with Crippen LogP contribution in [-0.4, -0.2) is 7.11 Å². The third-order valence-electron chi connectivity index (χ3n) is 2.37. The van der Waals surface area contributed by atoms with Crippen LogP contribution in [0.2, 0.25) is 10.0 Å². The minimum Gasteiger partial charge on any atom is -0.495 e. The minimum absolute atomic E-state index is 0.534. The Labute approximate surface area is 114 Å². The molecule has 2 aromatic rings. The number of nitrogens with two attached hydrogens (primary N) is 1. The summed E-state index contributed by atoms with van der Waals surface area (Å²) >= 11 is 13.9. The van der Waals surface area contributed by atoms with Gasteiger partial charge in [-0.15, -0.1) is 11.3 Å².